The number of fused-ring (bicyclic) bond motifs is 1. The molecule has 9 heteroatoms. The van der Waals surface area contributed by atoms with Gasteiger partial charge in [0.05, 0.1) is 5.69 Å². The standard InChI is InChI=1S/C21H29N7O.C15H25N/c1-21(2,3)17-11-15-13-28(20(29)27-18(15)26-17)16-7-5-14(6-8-16)12-24-9-4-10-25-19(22)23;1-12-9-13(7-5-6-8-16)11-14(10-12)15(2,3)4/h5-8,11,13,24H,4,9-10,12H2,1-3H3,(H4,22,23,25)(H,26,27,29);9-11H,5-8,16H2,1-4H3. The number of benzene rings is 2. The van der Waals surface area contributed by atoms with Crippen LogP contribution in [0.4, 0.5) is 0 Å². The molecule has 4 aromatic rings. The number of H-pyrrole nitrogens is 1. The molecule has 0 aliphatic carbocycles. The zero-order valence-electron chi connectivity index (χ0n) is 28.3. The Morgan fingerprint density at radius 3 is 2.27 bits per heavy atom. The van der Waals surface area contributed by atoms with E-state index in [0.29, 0.717) is 12.2 Å². The van der Waals surface area contributed by atoms with Crippen molar-refractivity contribution in [2.75, 3.05) is 19.6 Å². The maximum Gasteiger partial charge on any atom is 0.354 e. The number of aryl methyl sites for hydroxylation is 2. The second-order valence-electron chi connectivity index (χ2n) is 13.8. The van der Waals surface area contributed by atoms with E-state index in [0.717, 1.165) is 61.2 Å². The SMILES string of the molecule is CC(C)(C)c1cc2cn(-c3ccc(CNCCCN=C(N)N)cc3)c(=O)nc2[nH]1.Cc1cc(CCCCN)cc(C(C)(C)C)c1. The van der Waals surface area contributed by atoms with Crippen LogP contribution in [0.2, 0.25) is 0 Å². The number of unbranched alkanes of at least 4 members (excludes halogenated alkanes) is 1. The Morgan fingerprint density at radius 2 is 1.64 bits per heavy atom. The highest BCUT2D eigenvalue weighted by Crippen LogP contribution is 2.26. The molecule has 0 amide bonds. The monoisotopic (exact) mass is 614 g/mol. The number of nitrogens with one attached hydrogen (secondary N) is 2. The van der Waals surface area contributed by atoms with Crippen molar-refractivity contribution in [3.8, 4) is 5.69 Å². The zero-order chi connectivity index (χ0) is 33.2. The van der Waals surface area contributed by atoms with Gasteiger partial charge in [-0.3, -0.25) is 9.56 Å². The van der Waals surface area contributed by atoms with E-state index in [-0.39, 0.29) is 22.5 Å². The minimum Gasteiger partial charge on any atom is -0.370 e. The number of nitrogens with two attached hydrogens (primary N) is 3. The molecule has 0 aliphatic rings. The lowest BCUT2D eigenvalue weighted by Gasteiger charge is -2.20. The Morgan fingerprint density at radius 1 is 0.933 bits per heavy atom. The Labute approximate surface area is 268 Å². The molecule has 9 nitrogen and oxygen atoms in total. The molecule has 2 aromatic carbocycles. The fraction of sp³-hybridized carbons (Fsp3) is 0.472. The van der Waals surface area contributed by atoms with Crippen molar-refractivity contribution in [2.45, 2.75) is 91.5 Å². The molecule has 8 N–H and O–H groups in total. The average molecular weight is 615 g/mol. The summed E-state index contributed by atoms with van der Waals surface area (Å²) in [6, 6.07) is 16.9. The molecular weight excluding hydrogens is 560 g/mol. The number of hydrogen-bond acceptors (Lipinski definition) is 5. The van der Waals surface area contributed by atoms with E-state index in [2.05, 4.69) is 93.0 Å². The molecule has 45 heavy (non-hydrogen) atoms. The Bertz CT molecular complexity index is 1600. The molecule has 0 saturated carbocycles. The lowest BCUT2D eigenvalue weighted by atomic mass is 9.84. The summed E-state index contributed by atoms with van der Waals surface area (Å²) in [4.78, 5) is 23.9. The Hall–Kier alpha value is -3.95. The van der Waals surface area contributed by atoms with Gasteiger partial charge in [0.1, 0.15) is 5.65 Å². The lowest BCUT2D eigenvalue weighted by molar-refractivity contribution is 0.574. The van der Waals surface area contributed by atoms with Crippen LogP contribution in [0.3, 0.4) is 0 Å². The normalized spacial score (nSPS) is 11.7. The van der Waals surface area contributed by atoms with E-state index in [1.807, 2.05) is 30.5 Å². The second-order valence-corrected chi connectivity index (χ2v) is 13.8. The molecule has 0 radical (unpaired) electrons. The lowest BCUT2D eigenvalue weighted by Crippen LogP contribution is -2.23. The van der Waals surface area contributed by atoms with E-state index < -0.39 is 0 Å². The van der Waals surface area contributed by atoms with Crippen LogP contribution < -0.4 is 28.2 Å². The topological polar surface area (TPSA) is 153 Å². The number of guanidine groups is 1. The van der Waals surface area contributed by atoms with Gasteiger partial charge in [-0.2, -0.15) is 4.98 Å². The molecule has 0 unspecified atom stereocenters. The van der Waals surface area contributed by atoms with Gasteiger partial charge in [-0.1, -0.05) is 77.4 Å². The molecule has 4 rings (SSSR count). The number of aromatic amines is 1. The van der Waals surface area contributed by atoms with Crippen LogP contribution in [-0.4, -0.2) is 40.1 Å². The van der Waals surface area contributed by atoms with Crippen LogP contribution in [0.15, 0.2) is 64.5 Å². The van der Waals surface area contributed by atoms with E-state index in [9.17, 15) is 4.79 Å². The molecule has 2 aromatic heterocycles. The first-order valence-corrected chi connectivity index (χ1v) is 16.0. The molecule has 0 atom stereocenters. The van der Waals surface area contributed by atoms with Gasteiger partial charge in [0.2, 0.25) is 0 Å². The summed E-state index contributed by atoms with van der Waals surface area (Å²) in [6.45, 7) is 18.3. The van der Waals surface area contributed by atoms with Crippen LogP contribution in [0, 0.1) is 6.92 Å². The Kier molecular flexibility index (Phi) is 12.5. The molecule has 244 valence electrons. The van der Waals surface area contributed by atoms with Crippen LogP contribution >= 0.6 is 0 Å². The third kappa shape index (κ3) is 11.2. The number of nitrogens with zero attached hydrogens (tertiary/aromatic N) is 3. The first-order valence-electron chi connectivity index (χ1n) is 16.0. The minimum absolute atomic E-state index is 0.0352. The van der Waals surface area contributed by atoms with Gasteiger partial charge in [0.25, 0.3) is 0 Å². The van der Waals surface area contributed by atoms with Crippen LogP contribution in [-0.2, 0) is 23.8 Å². The number of aliphatic imine (C=N–C) groups is 1. The fourth-order valence-electron chi connectivity index (χ4n) is 4.92. The summed E-state index contributed by atoms with van der Waals surface area (Å²) in [7, 11) is 0. The first-order chi connectivity index (χ1) is 21.2. The second kappa shape index (κ2) is 15.9. The van der Waals surface area contributed by atoms with Crippen LogP contribution in [0.25, 0.3) is 16.7 Å². The van der Waals surface area contributed by atoms with Crippen molar-refractivity contribution < 1.29 is 0 Å². The summed E-state index contributed by atoms with van der Waals surface area (Å²) in [6.07, 6.45) is 6.18. The molecule has 0 spiro atoms. The summed E-state index contributed by atoms with van der Waals surface area (Å²) in [5.41, 5.74) is 23.9. The number of rotatable bonds is 11. The van der Waals surface area contributed by atoms with E-state index in [1.165, 1.54) is 23.1 Å². The predicted octanol–water partition coefficient (Wildman–Crippen LogP) is 5.34. The van der Waals surface area contributed by atoms with Crippen molar-refractivity contribution >= 4 is 17.0 Å². The zero-order valence-corrected chi connectivity index (χ0v) is 28.3. The highest BCUT2D eigenvalue weighted by Gasteiger charge is 2.18. The maximum absolute atomic E-state index is 12.5. The van der Waals surface area contributed by atoms with E-state index >= 15 is 0 Å². The summed E-state index contributed by atoms with van der Waals surface area (Å²) in [5, 5.41) is 4.27. The van der Waals surface area contributed by atoms with Gasteiger partial charge in [0, 0.05) is 35.8 Å². The fourth-order valence-corrected chi connectivity index (χ4v) is 4.92. The molecular formula is C36H54N8O. The largest absolute Gasteiger partial charge is 0.370 e. The highest BCUT2D eigenvalue weighted by molar-refractivity contribution is 5.76. The van der Waals surface area contributed by atoms with Crippen molar-refractivity contribution in [3.05, 3.63) is 93.2 Å². The Balaban J connectivity index is 0.000000292. The summed E-state index contributed by atoms with van der Waals surface area (Å²) in [5.74, 6) is 0.123. The van der Waals surface area contributed by atoms with E-state index in [4.69, 9.17) is 17.2 Å². The number of aromatic nitrogens is 3. The quantitative estimate of drug-likeness (QED) is 0.0874. The highest BCUT2D eigenvalue weighted by atomic mass is 16.1. The van der Waals surface area contributed by atoms with Crippen molar-refractivity contribution in [3.63, 3.8) is 0 Å². The van der Waals surface area contributed by atoms with Crippen LogP contribution in [0.1, 0.15) is 88.8 Å². The smallest absolute Gasteiger partial charge is 0.354 e. The minimum atomic E-state index is -0.301. The van der Waals surface area contributed by atoms with Gasteiger partial charge >= 0.3 is 5.69 Å². The van der Waals surface area contributed by atoms with Gasteiger partial charge < -0.3 is 27.5 Å². The average Bonchev–Trinajstić information content (AvgIpc) is 3.38. The van der Waals surface area contributed by atoms with Gasteiger partial charge in [-0.05, 0) is 86.0 Å². The first kappa shape index (κ1) is 35.5. The van der Waals surface area contributed by atoms with Gasteiger partial charge in [-0.15, -0.1) is 0 Å². The molecule has 0 saturated heterocycles. The number of hydrogen-bond donors (Lipinski definition) is 5. The predicted molar refractivity (Wildman–Crippen MR) is 189 cm³/mol. The van der Waals surface area contributed by atoms with E-state index in [1.54, 1.807) is 4.57 Å². The van der Waals surface area contributed by atoms with Gasteiger partial charge in [-0.25, -0.2) is 4.79 Å². The maximum atomic E-state index is 12.5. The van der Waals surface area contributed by atoms with Crippen molar-refractivity contribution in [2.24, 2.45) is 22.2 Å². The third-order valence-corrected chi connectivity index (χ3v) is 7.59. The summed E-state index contributed by atoms with van der Waals surface area (Å²) >= 11 is 0. The van der Waals surface area contributed by atoms with Crippen LogP contribution in [0.5, 0.6) is 0 Å². The van der Waals surface area contributed by atoms with Crippen molar-refractivity contribution in [1.82, 2.24) is 19.9 Å². The summed E-state index contributed by atoms with van der Waals surface area (Å²) < 4.78 is 1.58. The third-order valence-electron chi connectivity index (χ3n) is 7.59. The molecule has 0 aliphatic heterocycles. The molecule has 0 bridgehead atoms. The molecule has 0 fully saturated rings. The van der Waals surface area contributed by atoms with Gasteiger partial charge in [0.15, 0.2) is 5.96 Å². The molecule has 2 heterocycles. The van der Waals surface area contributed by atoms with Crippen molar-refractivity contribution in [1.29, 1.82) is 0 Å².